The molecule has 1 aromatic heterocycles. The van der Waals surface area contributed by atoms with Gasteiger partial charge in [0.2, 0.25) is 0 Å². The third-order valence-electron chi connectivity index (χ3n) is 2.52. The third-order valence-corrected chi connectivity index (χ3v) is 3.01. The molecule has 0 aliphatic heterocycles. The monoisotopic (exact) mass is 277 g/mol. The van der Waals surface area contributed by atoms with Gasteiger partial charge in [0.15, 0.2) is 0 Å². The van der Waals surface area contributed by atoms with E-state index in [9.17, 15) is 0 Å². The molecule has 1 heterocycles. The second-order valence-corrected chi connectivity index (χ2v) is 4.57. The van der Waals surface area contributed by atoms with Crippen molar-refractivity contribution in [2.75, 3.05) is 0 Å². The second kappa shape index (κ2) is 4.72. The summed E-state index contributed by atoms with van der Waals surface area (Å²) >= 11 is 3.45. The highest BCUT2D eigenvalue weighted by atomic mass is 79.9. The van der Waals surface area contributed by atoms with E-state index in [-0.39, 0.29) is 6.04 Å². The Bertz CT molecular complexity index is 485. The van der Waals surface area contributed by atoms with Gasteiger partial charge in [-0.25, -0.2) is 9.97 Å². The number of hydrogen-bond donors (Lipinski definition) is 1. The number of nitrogens with two attached hydrogens (primary N) is 1. The maximum Gasteiger partial charge on any atom is 0.115 e. The van der Waals surface area contributed by atoms with Crippen LogP contribution in [0.5, 0.6) is 0 Å². The number of aromatic nitrogens is 2. The van der Waals surface area contributed by atoms with Crippen LogP contribution >= 0.6 is 15.9 Å². The minimum absolute atomic E-state index is 0.182. The summed E-state index contributed by atoms with van der Waals surface area (Å²) in [5.74, 6) is 0. The van der Waals surface area contributed by atoms with E-state index in [2.05, 4.69) is 25.9 Å². The van der Waals surface area contributed by atoms with Crippen molar-refractivity contribution in [3.8, 4) is 0 Å². The molecule has 0 fully saturated rings. The van der Waals surface area contributed by atoms with Crippen LogP contribution in [-0.2, 0) is 0 Å². The first-order valence-corrected chi connectivity index (χ1v) is 5.74. The lowest BCUT2D eigenvalue weighted by atomic mass is 9.98. The zero-order valence-electron chi connectivity index (χ0n) is 8.89. The van der Waals surface area contributed by atoms with Crippen LogP contribution in [-0.4, -0.2) is 9.97 Å². The average Bonchev–Trinajstić information content (AvgIpc) is 2.32. The standard InChI is InChI=1S/C12H12BrN3/c1-8-2-3-10(13)4-11(8)12(14)9-5-15-7-16-6-9/h2-7,12H,14H2,1H3. The molecule has 0 saturated heterocycles. The van der Waals surface area contributed by atoms with Crippen molar-refractivity contribution >= 4 is 15.9 Å². The Kier molecular flexibility index (Phi) is 3.31. The molecule has 0 spiro atoms. The number of nitrogens with zero attached hydrogens (tertiary/aromatic N) is 2. The number of aryl methyl sites for hydroxylation is 1. The normalized spacial score (nSPS) is 12.4. The lowest BCUT2D eigenvalue weighted by Gasteiger charge is -2.14. The highest BCUT2D eigenvalue weighted by Gasteiger charge is 2.12. The zero-order chi connectivity index (χ0) is 11.5. The van der Waals surface area contributed by atoms with Gasteiger partial charge in [-0.3, -0.25) is 0 Å². The van der Waals surface area contributed by atoms with Gasteiger partial charge >= 0.3 is 0 Å². The highest BCUT2D eigenvalue weighted by molar-refractivity contribution is 9.10. The Morgan fingerprint density at radius 1 is 1.25 bits per heavy atom. The van der Waals surface area contributed by atoms with E-state index in [4.69, 9.17) is 5.73 Å². The molecule has 1 atom stereocenters. The molecule has 2 N–H and O–H groups in total. The topological polar surface area (TPSA) is 51.8 Å². The van der Waals surface area contributed by atoms with Gasteiger partial charge in [0.05, 0.1) is 6.04 Å². The first-order chi connectivity index (χ1) is 7.68. The smallest absolute Gasteiger partial charge is 0.115 e. The van der Waals surface area contributed by atoms with Crippen molar-refractivity contribution in [2.45, 2.75) is 13.0 Å². The number of halogens is 1. The van der Waals surface area contributed by atoms with Crippen molar-refractivity contribution in [3.63, 3.8) is 0 Å². The van der Waals surface area contributed by atoms with Crippen molar-refractivity contribution in [3.05, 3.63) is 58.1 Å². The molecular weight excluding hydrogens is 266 g/mol. The van der Waals surface area contributed by atoms with Crippen LogP contribution in [0.4, 0.5) is 0 Å². The average molecular weight is 278 g/mol. The fourth-order valence-electron chi connectivity index (χ4n) is 1.60. The fourth-order valence-corrected chi connectivity index (χ4v) is 1.98. The molecule has 82 valence electrons. The molecule has 0 saturated carbocycles. The van der Waals surface area contributed by atoms with E-state index >= 15 is 0 Å². The molecule has 16 heavy (non-hydrogen) atoms. The molecule has 1 unspecified atom stereocenters. The predicted molar refractivity (Wildman–Crippen MR) is 66.9 cm³/mol. The van der Waals surface area contributed by atoms with Gasteiger partial charge in [0, 0.05) is 22.4 Å². The summed E-state index contributed by atoms with van der Waals surface area (Å²) in [5.41, 5.74) is 9.36. The molecule has 2 aromatic rings. The molecule has 1 aromatic carbocycles. The summed E-state index contributed by atoms with van der Waals surface area (Å²) < 4.78 is 1.03. The van der Waals surface area contributed by atoms with E-state index in [1.54, 1.807) is 12.4 Å². The van der Waals surface area contributed by atoms with Crippen LogP contribution in [0.1, 0.15) is 22.7 Å². The quantitative estimate of drug-likeness (QED) is 0.918. The van der Waals surface area contributed by atoms with Gasteiger partial charge in [-0.15, -0.1) is 0 Å². The van der Waals surface area contributed by atoms with Gasteiger partial charge in [-0.05, 0) is 30.2 Å². The summed E-state index contributed by atoms with van der Waals surface area (Å²) in [6, 6.07) is 5.90. The maximum absolute atomic E-state index is 6.19. The molecule has 4 heteroatoms. The first kappa shape index (κ1) is 11.2. The van der Waals surface area contributed by atoms with Crippen LogP contribution < -0.4 is 5.73 Å². The molecule has 0 aliphatic carbocycles. The van der Waals surface area contributed by atoms with Crippen LogP contribution in [0.3, 0.4) is 0 Å². The van der Waals surface area contributed by atoms with Crippen LogP contribution in [0.15, 0.2) is 41.4 Å². The first-order valence-electron chi connectivity index (χ1n) is 4.95. The largest absolute Gasteiger partial charge is 0.320 e. The van der Waals surface area contributed by atoms with E-state index in [0.29, 0.717) is 0 Å². The molecule has 0 bridgehead atoms. The number of rotatable bonds is 2. The highest BCUT2D eigenvalue weighted by Crippen LogP contribution is 2.24. The Morgan fingerprint density at radius 3 is 2.62 bits per heavy atom. The summed E-state index contributed by atoms with van der Waals surface area (Å²) in [5, 5.41) is 0. The Labute approximate surface area is 103 Å². The lowest BCUT2D eigenvalue weighted by Crippen LogP contribution is -2.13. The van der Waals surface area contributed by atoms with Gasteiger partial charge in [-0.2, -0.15) is 0 Å². The number of hydrogen-bond acceptors (Lipinski definition) is 3. The Morgan fingerprint density at radius 2 is 1.94 bits per heavy atom. The van der Waals surface area contributed by atoms with Crippen molar-refractivity contribution in [1.82, 2.24) is 9.97 Å². The molecule has 0 aliphatic rings. The molecule has 2 rings (SSSR count). The third kappa shape index (κ3) is 2.28. The summed E-state index contributed by atoms with van der Waals surface area (Å²) in [4.78, 5) is 7.96. The summed E-state index contributed by atoms with van der Waals surface area (Å²) in [7, 11) is 0. The van der Waals surface area contributed by atoms with Crippen molar-refractivity contribution < 1.29 is 0 Å². The van der Waals surface area contributed by atoms with Gasteiger partial charge < -0.3 is 5.73 Å². The molecule has 3 nitrogen and oxygen atoms in total. The minimum Gasteiger partial charge on any atom is -0.320 e. The van der Waals surface area contributed by atoms with Crippen LogP contribution in [0, 0.1) is 6.92 Å². The van der Waals surface area contributed by atoms with Gasteiger partial charge in [-0.1, -0.05) is 22.0 Å². The Balaban J connectivity index is 2.41. The maximum atomic E-state index is 6.19. The van der Waals surface area contributed by atoms with Gasteiger partial charge in [0.25, 0.3) is 0 Å². The van der Waals surface area contributed by atoms with Crippen LogP contribution in [0.25, 0.3) is 0 Å². The van der Waals surface area contributed by atoms with Gasteiger partial charge in [0.1, 0.15) is 6.33 Å². The van der Waals surface area contributed by atoms with Crippen molar-refractivity contribution in [1.29, 1.82) is 0 Å². The van der Waals surface area contributed by atoms with E-state index in [1.807, 2.05) is 25.1 Å². The van der Waals surface area contributed by atoms with Crippen LogP contribution in [0.2, 0.25) is 0 Å². The molecule has 0 radical (unpaired) electrons. The Hall–Kier alpha value is -1.26. The fraction of sp³-hybridized carbons (Fsp3) is 0.167. The SMILES string of the molecule is Cc1ccc(Br)cc1C(N)c1cncnc1. The zero-order valence-corrected chi connectivity index (χ0v) is 10.5. The molecular formula is C12H12BrN3. The summed E-state index contributed by atoms with van der Waals surface area (Å²) in [6.07, 6.45) is 5.00. The minimum atomic E-state index is -0.182. The number of benzene rings is 1. The van der Waals surface area contributed by atoms with E-state index in [0.717, 1.165) is 15.6 Å². The van der Waals surface area contributed by atoms with E-state index in [1.165, 1.54) is 11.9 Å². The van der Waals surface area contributed by atoms with Crippen molar-refractivity contribution in [2.24, 2.45) is 5.73 Å². The lowest BCUT2D eigenvalue weighted by molar-refractivity contribution is 0.841. The summed E-state index contributed by atoms with van der Waals surface area (Å²) in [6.45, 7) is 2.05. The second-order valence-electron chi connectivity index (χ2n) is 3.65. The molecule has 0 amide bonds. The van der Waals surface area contributed by atoms with E-state index < -0.39 is 0 Å². The predicted octanol–water partition coefficient (Wildman–Crippen LogP) is 2.60.